The third-order valence-corrected chi connectivity index (χ3v) is 9.54. The van der Waals surface area contributed by atoms with Crippen LogP contribution in [0.25, 0.3) is 49.7 Å². The number of anilines is 5. The molecule has 0 aliphatic rings. The molecule has 242 valence electrons. The number of aromatic nitrogens is 1. The summed E-state index contributed by atoms with van der Waals surface area (Å²) in [6, 6.07) is 73.3. The van der Waals surface area contributed by atoms with Crippen molar-refractivity contribution in [1.82, 2.24) is 4.57 Å². The normalized spacial score (nSPS) is 11.1. The fraction of sp³-hybridized carbons (Fsp3) is 0. The fourth-order valence-corrected chi connectivity index (χ4v) is 7.31. The number of nitrogens with one attached hydrogen (secondary N) is 1. The van der Waals surface area contributed by atoms with Crippen LogP contribution < -0.4 is 10.2 Å². The van der Waals surface area contributed by atoms with Crippen molar-refractivity contribution in [3.8, 4) is 27.9 Å². The SMILES string of the molecule is c1ccc(-c2cccc(-c3ccccc3)c2Nc2cc(N(c3ccccc3)c3ccccc3)c3c4ccccc4n(-c4ccccc4)c3c2)cc1. The summed E-state index contributed by atoms with van der Waals surface area (Å²) in [5, 5.41) is 6.40. The summed E-state index contributed by atoms with van der Waals surface area (Å²) >= 11 is 0. The topological polar surface area (TPSA) is 20.2 Å². The van der Waals surface area contributed by atoms with E-state index in [2.05, 4.69) is 221 Å². The molecule has 0 aliphatic heterocycles. The molecule has 0 unspecified atom stereocenters. The van der Waals surface area contributed by atoms with Crippen LogP contribution in [0.2, 0.25) is 0 Å². The Hall–Kier alpha value is -6.84. The molecule has 1 N–H and O–H groups in total. The maximum atomic E-state index is 4.01. The van der Waals surface area contributed by atoms with E-state index in [1.165, 1.54) is 10.8 Å². The van der Waals surface area contributed by atoms with Crippen molar-refractivity contribution in [2.24, 2.45) is 0 Å². The highest BCUT2D eigenvalue weighted by Gasteiger charge is 2.23. The lowest BCUT2D eigenvalue weighted by Crippen LogP contribution is -2.11. The summed E-state index contributed by atoms with van der Waals surface area (Å²) in [4.78, 5) is 2.39. The molecule has 0 saturated heterocycles. The van der Waals surface area contributed by atoms with E-state index in [1.54, 1.807) is 0 Å². The van der Waals surface area contributed by atoms with Crippen molar-refractivity contribution in [3.05, 3.63) is 206 Å². The zero-order valence-corrected chi connectivity index (χ0v) is 28.0. The Morgan fingerprint density at radius 2 is 0.902 bits per heavy atom. The van der Waals surface area contributed by atoms with Crippen LogP contribution in [0.1, 0.15) is 0 Å². The first kappa shape index (κ1) is 30.2. The van der Waals surface area contributed by atoms with Gasteiger partial charge < -0.3 is 14.8 Å². The molecule has 1 heterocycles. The van der Waals surface area contributed by atoms with Gasteiger partial charge in [-0.3, -0.25) is 0 Å². The van der Waals surface area contributed by atoms with Gasteiger partial charge in [-0.25, -0.2) is 0 Å². The van der Waals surface area contributed by atoms with E-state index < -0.39 is 0 Å². The first-order chi connectivity index (χ1) is 25.3. The highest BCUT2D eigenvalue weighted by Crippen LogP contribution is 2.47. The van der Waals surface area contributed by atoms with Crippen molar-refractivity contribution >= 4 is 50.2 Å². The lowest BCUT2D eigenvalue weighted by Gasteiger charge is -2.27. The Morgan fingerprint density at radius 1 is 0.412 bits per heavy atom. The van der Waals surface area contributed by atoms with Crippen LogP contribution in [-0.4, -0.2) is 4.57 Å². The molecule has 1 aromatic heterocycles. The minimum atomic E-state index is 0.995. The van der Waals surface area contributed by atoms with Gasteiger partial charge in [0.15, 0.2) is 0 Å². The number of rotatable bonds is 8. The Labute approximate surface area is 298 Å². The van der Waals surface area contributed by atoms with E-state index in [0.29, 0.717) is 0 Å². The molecule has 0 amide bonds. The van der Waals surface area contributed by atoms with Gasteiger partial charge in [0.05, 0.1) is 22.4 Å². The second-order valence-corrected chi connectivity index (χ2v) is 12.7. The zero-order chi connectivity index (χ0) is 34.0. The number of hydrogen-bond acceptors (Lipinski definition) is 2. The third-order valence-electron chi connectivity index (χ3n) is 9.54. The van der Waals surface area contributed by atoms with Crippen LogP contribution in [-0.2, 0) is 0 Å². The van der Waals surface area contributed by atoms with Gasteiger partial charge in [0.1, 0.15) is 0 Å². The van der Waals surface area contributed by atoms with Crippen molar-refractivity contribution in [2.45, 2.75) is 0 Å². The lowest BCUT2D eigenvalue weighted by atomic mass is 9.95. The molecular formula is C48H35N3. The highest BCUT2D eigenvalue weighted by atomic mass is 15.1. The molecule has 51 heavy (non-hydrogen) atoms. The molecule has 9 rings (SSSR count). The summed E-state index contributed by atoms with van der Waals surface area (Å²) in [7, 11) is 0. The molecule has 0 saturated carbocycles. The van der Waals surface area contributed by atoms with Crippen molar-refractivity contribution in [1.29, 1.82) is 0 Å². The Kier molecular flexibility index (Phi) is 7.84. The Morgan fingerprint density at radius 3 is 1.47 bits per heavy atom. The maximum absolute atomic E-state index is 4.01. The molecule has 0 radical (unpaired) electrons. The summed E-state index contributed by atoms with van der Waals surface area (Å²) in [5.74, 6) is 0. The molecule has 3 nitrogen and oxygen atoms in total. The van der Waals surface area contributed by atoms with Crippen LogP contribution in [0, 0.1) is 0 Å². The Balaban J connectivity index is 1.37. The van der Waals surface area contributed by atoms with Crippen molar-refractivity contribution in [3.63, 3.8) is 0 Å². The van der Waals surface area contributed by atoms with Gasteiger partial charge in [-0.15, -0.1) is 0 Å². The minimum Gasteiger partial charge on any atom is -0.354 e. The molecule has 8 aromatic carbocycles. The van der Waals surface area contributed by atoms with Crippen LogP contribution >= 0.6 is 0 Å². The van der Waals surface area contributed by atoms with E-state index in [9.17, 15) is 0 Å². The first-order valence-corrected chi connectivity index (χ1v) is 17.4. The van der Waals surface area contributed by atoms with Gasteiger partial charge in [-0.2, -0.15) is 0 Å². The van der Waals surface area contributed by atoms with E-state index in [-0.39, 0.29) is 0 Å². The van der Waals surface area contributed by atoms with Crippen LogP contribution in [0.3, 0.4) is 0 Å². The zero-order valence-electron chi connectivity index (χ0n) is 28.0. The number of para-hydroxylation sites is 5. The average molecular weight is 654 g/mol. The van der Waals surface area contributed by atoms with Gasteiger partial charge in [-0.05, 0) is 65.7 Å². The van der Waals surface area contributed by atoms with Crippen molar-refractivity contribution in [2.75, 3.05) is 10.2 Å². The second kappa shape index (κ2) is 13.2. The largest absolute Gasteiger partial charge is 0.354 e. The summed E-state index contributed by atoms with van der Waals surface area (Å²) in [6.45, 7) is 0. The molecule has 0 fully saturated rings. The van der Waals surface area contributed by atoms with E-state index in [4.69, 9.17) is 0 Å². The van der Waals surface area contributed by atoms with Gasteiger partial charge in [0.25, 0.3) is 0 Å². The lowest BCUT2D eigenvalue weighted by molar-refractivity contribution is 1.18. The summed E-state index contributed by atoms with van der Waals surface area (Å²) in [5.41, 5.74) is 13.3. The van der Waals surface area contributed by atoms with Crippen LogP contribution in [0.15, 0.2) is 206 Å². The monoisotopic (exact) mass is 653 g/mol. The molecule has 3 heteroatoms. The van der Waals surface area contributed by atoms with E-state index in [1.807, 2.05) is 0 Å². The molecule has 9 aromatic rings. The summed E-state index contributed by atoms with van der Waals surface area (Å²) < 4.78 is 2.40. The quantitative estimate of drug-likeness (QED) is 0.176. The smallest absolute Gasteiger partial charge is 0.0582 e. The first-order valence-electron chi connectivity index (χ1n) is 17.4. The predicted molar refractivity (Wildman–Crippen MR) is 216 cm³/mol. The standard InChI is InChI=1S/C48H35N3/c1-6-19-35(20-7-1)41-30-18-31-42(36-21-8-2-9-22-36)48(41)49-37-33-45(50(38-23-10-3-11-24-38)39-25-12-4-13-26-39)47-43-29-16-17-32-44(43)51(46(47)34-37)40-27-14-5-15-28-40/h1-34,49H. The Bertz CT molecular complexity index is 2480. The third kappa shape index (κ3) is 5.61. The van der Waals surface area contributed by atoms with Gasteiger partial charge in [0.2, 0.25) is 0 Å². The van der Waals surface area contributed by atoms with E-state index >= 15 is 0 Å². The van der Waals surface area contributed by atoms with Crippen molar-refractivity contribution < 1.29 is 0 Å². The average Bonchev–Trinajstić information content (AvgIpc) is 3.54. The molecule has 0 bridgehead atoms. The number of benzene rings is 8. The number of fused-ring (bicyclic) bond motifs is 3. The molecule has 0 atom stereocenters. The van der Waals surface area contributed by atoms with Gasteiger partial charge in [-0.1, -0.05) is 152 Å². The molecule has 0 spiro atoms. The van der Waals surface area contributed by atoms with Crippen LogP contribution in [0.5, 0.6) is 0 Å². The van der Waals surface area contributed by atoms with E-state index in [0.717, 1.165) is 67.4 Å². The number of hydrogen-bond donors (Lipinski definition) is 1. The predicted octanol–water partition coefficient (Wildman–Crippen LogP) is 13.3. The summed E-state index contributed by atoms with van der Waals surface area (Å²) in [6.07, 6.45) is 0. The maximum Gasteiger partial charge on any atom is 0.0582 e. The highest BCUT2D eigenvalue weighted by molar-refractivity contribution is 6.18. The number of nitrogens with zero attached hydrogens (tertiary/aromatic N) is 2. The minimum absolute atomic E-state index is 0.995. The van der Waals surface area contributed by atoms with Gasteiger partial charge >= 0.3 is 0 Å². The van der Waals surface area contributed by atoms with Gasteiger partial charge in [0, 0.05) is 44.6 Å². The molecular weight excluding hydrogens is 619 g/mol. The fourth-order valence-electron chi connectivity index (χ4n) is 7.31. The molecule has 0 aliphatic carbocycles. The second-order valence-electron chi connectivity index (χ2n) is 12.7. The van der Waals surface area contributed by atoms with Crippen LogP contribution in [0.4, 0.5) is 28.4 Å².